The first kappa shape index (κ1) is 15.2. The number of rotatable bonds is 3. The molecule has 1 spiro atoms. The Hall–Kier alpha value is -1.36. The van der Waals surface area contributed by atoms with Crippen LogP contribution in [0.25, 0.3) is 0 Å². The van der Waals surface area contributed by atoms with E-state index in [0.29, 0.717) is 18.9 Å². The van der Waals surface area contributed by atoms with E-state index in [-0.39, 0.29) is 23.3 Å². The summed E-state index contributed by atoms with van der Waals surface area (Å²) in [6, 6.07) is 0. The zero-order valence-electron chi connectivity index (χ0n) is 13.7. The summed E-state index contributed by atoms with van der Waals surface area (Å²) in [5, 5.41) is 10.7. The van der Waals surface area contributed by atoms with Crippen LogP contribution in [0.2, 0.25) is 0 Å². The number of ether oxygens (including phenoxy) is 2. The molecule has 0 aromatic carbocycles. The zero-order chi connectivity index (χ0) is 16.4. The van der Waals surface area contributed by atoms with Crippen molar-refractivity contribution in [1.29, 1.82) is 0 Å². The molecular weight excluding hydrogens is 296 g/mol. The summed E-state index contributed by atoms with van der Waals surface area (Å²) in [4.78, 5) is 24.5. The van der Waals surface area contributed by atoms with Gasteiger partial charge in [0.05, 0.1) is 18.1 Å². The number of hydrogen-bond acceptors (Lipinski definition) is 5. The first-order valence-electron chi connectivity index (χ1n) is 8.71. The normalized spacial score (nSPS) is 46.3. The molecule has 4 rings (SSSR count). The lowest BCUT2D eigenvalue weighted by Crippen LogP contribution is -2.46. The Labute approximate surface area is 136 Å². The molecule has 5 heteroatoms. The Bertz CT molecular complexity index is 596. The van der Waals surface area contributed by atoms with Crippen molar-refractivity contribution >= 4 is 11.9 Å². The summed E-state index contributed by atoms with van der Waals surface area (Å²) in [5.41, 5.74) is 0.233. The van der Waals surface area contributed by atoms with E-state index in [1.807, 2.05) is 13.0 Å². The van der Waals surface area contributed by atoms with Crippen molar-refractivity contribution in [3.05, 3.63) is 11.6 Å². The number of carbonyl (C=O) groups excluding carboxylic acids is 2. The van der Waals surface area contributed by atoms with E-state index in [0.717, 1.165) is 25.7 Å². The Morgan fingerprint density at radius 1 is 1.39 bits per heavy atom. The van der Waals surface area contributed by atoms with E-state index >= 15 is 0 Å². The molecule has 4 aliphatic carbocycles. The molecule has 0 heterocycles. The molecule has 0 radical (unpaired) electrons. The molecule has 1 unspecified atom stereocenters. The maximum absolute atomic E-state index is 13.0. The van der Waals surface area contributed by atoms with E-state index in [4.69, 9.17) is 9.47 Å². The van der Waals surface area contributed by atoms with Gasteiger partial charge in [0.25, 0.3) is 0 Å². The number of hydrogen-bond donors (Lipinski definition) is 1. The van der Waals surface area contributed by atoms with Gasteiger partial charge in [-0.15, -0.1) is 0 Å². The minimum Gasteiger partial charge on any atom is -0.466 e. The highest BCUT2D eigenvalue weighted by atomic mass is 16.5. The number of carbonyl (C=O) groups is 2. The molecule has 0 amide bonds. The van der Waals surface area contributed by atoms with Gasteiger partial charge in [0, 0.05) is 24.7 Å². The average Bonchev–Trinajstić information content (AvgIpc) is 3.11. The van der Waals surface area contributed by atoms with E-state index < -0.39 is 17.6 Å². The van der Waals surface area contributed by atoms with Crippen LogP contribution < -0.4 is 0 Å². The summed E-state index contributed by atoms with van der Waals surface area (Å²) < 4.78 is 11.0. The molecule has 0 saturated heterocycles. The maximum Gasteiger partial charge on any atom is 0.313 e. The van der Waals surface area contributed by atoms with Gasteiger partial charge in [-0.1, -0.05) is 11.6 Å². The molecule has 6 atom stereocenters. The first-order valence-corrected chi connectivity index (χ1v) is 8.71. The standard InChI is InChI=1S/C18H24O5/c1-3-22-16(21)17-7-6-11-4-5-12-8-13(20)15(18(11,12)17)14(9-17)23-10(2)19/h8,11,13-15,20H,3-7,9H2,1-2H3/t11-,13+,14-,15+,17+,18?/m1/s1. The van der Waals surface area contributed by atoms with Gasteiger partial charge >= 0.3 is 11.9 Å². The first-order chi connectivity index (χ1) is 11.0. The maximum atomic E-state index is 13.0. The highest BCUT2D eigenvalue weighted by Gasteiger charge is 2.79. The fourth-order valence-corrected chi connectivity index (χ4v) is 6.54. The molecule has 4 aliphatic rings. The van der Waals surface area contributed by atoms with Crippen molar-refractivity contribution in [1.82, 2.24) is 0 Å². The molecule has 3 saturated carbocycles. The van der Waals surface area contributed by atoms with E-state index in [9.17, 15) is 14.7 Å². The van der Waals surface area contributed by atoms with Crippen LogP contribution in [0.4, 0.5) is 0 Å². The molecule has 3 fully saturated rings. The van der Waals surface area contributed by atoms with Gasteiger partial charge in [0.2, 0.25) is 0 Å². The fraction of sp³-hybridized carbons (Fsp3) is 0.778. The van der Waals surface area contributed by atoms with Crippen LogP contribution in [-0.2, 0) is 19.1 Å². The second-order valence-electron chi connectivity index (χ2n) is 7.51. The van der Waals surface area contributed by atoms with Gasteiger partial charge in [0.1, 0.15) is 6.10 Å². The Balaban J connectivity index is 1.84. The predicted molar refractivity (Wildman–Crippen MR) is 81.2 cm³/mol. The molecule has 0 aromatic heterocycles. The van der Waals surface area contributed by atoms with Crippen LogP contribution in [0.1, 0.15) is 46.0 Å². The quantitative estimate of drug-likeness (QED) is 0.636. The summed E-state index contributed by atoms with van der Waals surface area (Å²) in [6.45, 7) is 3.57. The molecule has 5 nitrogen and oxygen atoms in total. The Morgan fingerprint density at radius 3 is 2.87 bits per heavy atom. The summed E-state index contributed by atoms with van der Waals surface area (Å²) in [7, 11) is 0. The molecular formula is C18H24O5. The van der Waals surface area contributed by atoms with E-state index in [1.165, 1.54) is 12.5 Å². The summed E-state index contributed by atoms with van der Waals surface area (Å²) >= 11 is 0. The Morgan fingerprint density at radius 2 is 2.17 bits per heavy atom. The minimum absolute atomic E-state index is 0.163. The third-order valence-electron chi connectivity index (χ3n) is 6.85. The molecule has 0 aromatic rings. The van der Waals surface area contributed by atoms with Crippen molar-refractivity contribution in [3.63, 3.8) is 0 Å². The lowest BCUT2D eigenvalue weighted by molar-refractivity contribution is -0.161. The van der Waals surface area contributed by atoms with E-state index in [2.05, 4.69) is 0 Å². The monoisotopic (exact) mass is 320 g/mol. The van der Waals surface area contributed by atoms with Crippen LogP contribution in [0.5, 0.6) is 0 Å². The average molecular weight is 320 g/mol. The highest BCUT2D eigenvalue weighted by molar-refractivity contribution is 5.81. The van der Waals surface area contributed by atoms with Crippen molar-refractivity contribution in [2.75, 3.05) is 6.61 Å². The zero-order valence-corrected chi connectivity index (χ0v) is 13.7. The minimum atomic E-state index is -0.633. The molecule has 126 valence electrons. The second kappa shape index (κ2) is 4.82. The molecule has 0 aliphatic heterocycles. The van der Waals surface area contributed by atoms with Crippen LogP contribution in [0.15, 0.2) is 11.6 Å². The van der Waals surface area contributed by atoms with Crippen LogP contribution in [0, 0.1) is 22.7 Å². The number of aliphatic hydroxyl groups excluding tert-OH is 1. The predicted octanol–water partition coefficient (Wildman–Crippen LogP) is 1.98. The second-order valence-corrected chi connectivity index (χ2v) is 7.51. The third kappa shape index (κ3) is 1.61. The van der Waals surface area contributed by atoms with Gasteiger partial charge in [-0.2, -0.15) is 0 Å². The third-order valence-corrected chi connectivity index (χ3v) is 6.85. The number of allylic oxidation sites excluding steroid dienone is 1. The van der Waals surface area contributed by atoms with Gasteiger partial charge in [0.15, 0.2) is 0 Å². The van der Waals surface area contributed by atoms with Crippen LogP contribution in [-0.4, -0.2) is 35.9 Å². The van der Waals surface area contributed by atoms with Crippen molar-refractivity contribution < 1.29 is 24.2 Å². The SMILES string of the molecule is CCOC(=O)[C@]12CC[C@H]3CCC4=C[C@H](O)[C@@H]([C@H](OC(C)=O)C1)C432. The number of aliphatic hydroxyl groups is 1. The van der Waals surface area contributed by atoms with Crippen molar-refractivity contribution in [2.45, 2.75) is 58.2 Å². The topological polar surface area (TPSA) is 72.8 Å². The van der Waals surface area contributed by atoms with Gasteiger partial charge in [-0.05, 0) is 38.5 Å². The fourth-order valence-electron chi connectivity index (χ4n) is 6.54. The summed E-state index contributed by atoms with van der Waals surface area (Å²) in [6.07, 6.45) is 5.14. The lowest BCUT2D eigenvalue weighted by atomic mass is 9.61. The molecule has 0 bridgehead atoms. The number of esters is 2. The van der Waals surface area contributed by atoms with Crippen molar-refractivity contribution in [2.24, 2.45) is 22.7 Å². The summed E-state index contributed by atoms with van der Waals surface area (Å²) in [5.74, 6) is -0.314. The van der Waals surface area contributed by atoms with Crippen LogP contribution >= 0.6 is 0 Å². The van der Waals surface area contributed by atoms with Crippen molar-refractivity contribution in [3.8, 4) is 0 Å². The van der Waals surface area contributed by atoms with E-state index in [1.54, 1.807) is 0 Å². The Kier molecular flexibility index (Phi) is 3.18. The highest BCUT2D eigenvalue weighted by Crippen LogP contribution is 2.78. The van der Waals surface area contributed by atoms with Gasteiger partial charge in [-0.25, -0.2) is 0 Å². The van der Waals surface area contributed by atoms with Crippen LogP contribution in [0.3, 0.4) is 0 Å². The van der Waals surface area contributed by atoms with Gasteiger partial charge < -0.3 is 14.6 Å². The molecule has 1 N–H and O–H groups in total. The lowest BCUT2D eigenvalue weighted by Gasteiger charge is -2.41. The van der Waals surface area contributed by atoms with Gasteiger partial charge in [-0.3, -0.25) is 9.59 Å². The smallest absolute Gasteiger partial charge is 0.313 e. The largest absolute Gasteiger partial charge is 0.466 e. The molecule has 23 heavy (non-hydrogen) atoms.